The summed E-state index contributed by atoms with van der Waals surface area (Å²) in [7, 11) is 1.80. The first kappa shape index (κ1) is 13.2. The van der Waals surface area contributed by atoms with E-state index in [2.05, 4.69) is 15.9 Å². The molecule has 0 aliphatic carbocycles. The second kappa shape index (κ2) is 6.01. The summed E-state index contributed by atoms with van der Waals surface area (Å²) >= 11 is 3.47. The van der Waals surface area contributed by atoms with Crippen LogP contribution in [0.15, 0.2) is 28.7 Å². The standard InChI is InChI=1S/C12H17BrN2O/c1-9(7-14)12(16)15(2)8-10-5-3-4-6-11(10)13/h3-6,9H,7-8,14H2,1-2H3. The highest BCUT2D eigenvalue weighted by Crippen LogP contribution is 2.17. The molecule has 0 saturated heterocycles. The van der Waals surface area contributed by atoms with Crippen molar-refractivity contribution in [1.29, 1.82) is 0 Å². The highest BCUT2D eigenvalue weighted by molar-refractivity contribution is 9.10. The van der Waals surface area contributed by atoms with Crippen molar-refractivity contribution in [2.75, 3.05) is 13.6 Å². The van der Waals surface area contributed by atoms with E-state index in [0.717, 1.165) is 10.0 Å². The van der Waals surface area contributed by atoms with Gasteiger partial charge in [-0.25, -0.2) is 0 Å². The van der Waals surface area contributed by atoms with Gasteiger partial charge in [-0.2, -0.15) is 0 Å². The number of benzene rings is 1. The molecule has 0 saturated carbocycles. The van der Waals surface area contributed by atoms with E-state index in [9.17, 15) is 4.79 Å². The summed E-state index contributed by atoms with van der Waals surface area (Å²) in [6.45, 7) is 2.84. The fourth-order valence-corrected chi connectivity index (χ4v) is 1.85. The third-order valence-electron chi connectivity index (χ3n) is 2.52. The van der Waals surface area contributed by atoms with Gasteiger partial charge in [0.1, 0.15) is 0 Å². The second-order valence-corrected chi connectivity index (χ2v) is 4.78. The Hall–Kier alpha value is -0.870. The number of halogens is 1. The number of nitrogens with zero attached hydrogens (tertiary/aromatic N) is 1. The average molecular weight is 285 g/mol. The topological polar surface area (TPSA) is 46.3 Å². The molecule has 0 radical (unpaired) electrons. The van der Waals surface area contributed by atoms with Gasteiger partial charge in [0.15, 0.2) is 0 Å². The highest BCUT2D eigenvalue weighted by Gasteiger charge is 2.16. The molecular weight excluding hydrogens is 268 g/mol. The highest BCUT2D eigenvalue weighted by atomic mass is 79.9. The first-order valence-electron chi connectivity index (χ1n) is 5.24. The smallest absolute Gasteiger partial charge is 0.226 e. The van der Waals surface area contributed by atoms with Gasteiger partial charge in [-0.1, -0.05) is 41.1 Å². The Morgan fingerprint density at radius 1 is 1.50 bits per heavy atom. The second-order valence-electron chi connectivity index (χ2n) is 3.92. The Morgan fingerprint density at radius 2 is 2.12 bits per heavy atom. The summed E-state index contributed by atoms with van der Waals surface area (Å²) in [5.74, 6) is -0.0364. The Kier molecular flexibility index (Phi) is 4.96. The lowest BCUT2D eigenvalue weighted by Gasteiger charge is -2.21. The van der Waals surface area contributed by atoms with E-state index in [4.69, 9.17) is 5.73 Å². The average Bonchev–Trinajstić information content (AvgIpc) is 2.30. The van der Waals surface area contributed by atoms with Gasteiger partial charge in [0.05, 0.1) is 0 Å². The zero-order valence-electron chi connectivity index (χ0n) is 9.61. The van der Waals surface area contributed by atoms with E-state index >= 15 is 0 Å². The van der Waals surface area contributed by atoms with Crippen LogP contribution in [-0.4, -0.2) is 24.4 Å². The molecule has 0 fully saturated rings. The molecule has 3 nitrogen and oxygen atoms in total. The van der Waals surface area contributed by atoms with E-state index in [1.165, 1.54) is 0 Å². The Labute approximate surface area is 105 Å². The SMILES string of the molecule is CC(CN)C(=O)N(C)Cc1ccccc1Br. The largest absolute Gasteiger partial charge is 0.341 e. The molecule has 88 valence electrons. The number of hydrogen-bond acceptors (Lipinski definition) is 2. The normalized spacial score (nSPS) is 12.2. The minimum atomic E-state index is -0.118. The third kappa shape index (κ3) is 3.32. The van der Waals surface area contributed by atoms with Crippen molar-refractivity contribution in [2.24, 2.45) is 11.7 Å². The summed E-state index contributed by atoms with van der Waals surface area (Å²) in [6.07, 6.45) is 0. The van der Waals surface area contributed by atoms with Crippen LogP contribution in [0.4, 0.5) is 0 Å². The number of amides is 1. The molecule has 1 rings (SSSR count). The molecule has 1 aromatic rings. The molecule has 0 spiro atoms. The summed E-state index contributed by atoms with van der Waals surface area (Å²) in [6, 6.07) is 7.89. The molecule has 16 heavy (non-hydrogen) atoms. The van der Waals surface area contributed by atoms with Crippen LogP contribution >= 0.6 is 15.9 Å². The number of hydrogen-bond donors (Lipinski definition) is 1. The van der Waals surface area contributed by atoms with E-state index in [1.54, 1.807) is 11.9 Å². The summed E-state index contributed by atoms with van der Waals surface area (Å²) in [5.41, 5.74) is 6.58. The molecule has 0 bridgehead atoms. The van der Waals surface area contributed by atoms with Crippen LogP contribution < -0.4 is 5.73 Å². The van der Waals surface area contributed by atoms with Crippen molar-refractivity contribution in [3.8, 4) is 0 Å². The Bertz CT molecular complexity index is 368. The molecular formula is C12H17BrN2O. The number of carbonyl (C=O) groups is 1. The van der Waals surface area contributed by atoms with E-state index < -0.39 is 0 Å². The van der Waals surface area contributed by atoms with Crippen molar-refractivity contribution < 1.29 is 4.79 Å². The van der Waals surface area contributed by atoms with Gasteiger partial charge in [0.2, 0.25) is 5.91 Å². The number of carbonyl (C=O) groups excluding carboxylic acids is 1. The minimum Gasteiger partial charge on any atom is -0.341 e. The molecule has 1 atom stereocenters. The van der Waals surface area contributed by atoms with Crippen LogP contribution in [0.5, 0.6) is 0 Å². The molecule has 2 N–H and O–H groups in total. The molecule has 1 aromatic carbocycles. The molecule has 0 aromatic heterocycles. The molecule has 0 aliphatic rings. The minimum absolute atomic E-state index is 0.0817. The molecule has 1 amide bonds. The van der Waals surface area contributed by atoms with E-state index in [-0.39, 0.29) is 11.8 Å². The van der Waals surface area contributed by atoms with Crippen molar-refractivity contribution in [2.45, 2.75) is 13.5 Å². The first-order chi connectivity index (χ1) is 7.56. The molecule has 0 aliphatic heterocycles. The van der Waals surface area contributed by atoms with Gasteiger partial charge >= 0.3 is 0 Å². The van der Waals surface area contributed by atoms with Crippen LogP contribution in [0.1, 0.15) is 12.5 Å². The maximum absolute atomic E-state index is 11.8. The fraction of sp³-hybridized carbons (Fsp3) is 0.417. The quantitative estimate of drug-likeness (QED) is 0.919. The monoisotopic (exact) mass is 284 g/mol. The third-order valence-corrected chi connectivity index (χ3v) is 3.29. The van der Waals surface area contributed by atoms with Gasteiger partial charge in [0, 0.05) is 30.5 Å². The van der Waals surface area contributed by atoms with Crippen molar-refractivity contribution in [1.82, 2.24) is 4.90 Å². The lowest BCUT2D eigenvalue weighted by molar-refractivity contribution is -0.133. The predicted molar refractivity (Wildman–Crippen MR) is 68.8 cm³/mol. The van der Waals surface area contributed by atoms with Crippen molar-refractivity contribution >= 4 is 21.8 Å². The maximum Gasteiger partial charge on any atom is 0.226 e. The molecule has 4 heteroatoms. The van der Waals surface area contributed by atoms with Crippen LogP contribution in [0.25, 0.3) is 0 Å². The first-order valence-corrected chi connectivity index (χ1v) is 6.04. The van der Waals surface area contributed by atoms with Gasteiger partial charge in [-0.05, 0) is 11.6 Å². The lowest BCUT2D eigenvalue weighted by atomic mass is 10.1. The number of rotatable bonds is 4. The van der Waals surface area contributed by atoms with Gasteiger partial charge in [-0.15, -0.1) is 0 Å². The van der Waals surface area contributed by atoms with Crippen molar-refractivity contribution in [3.63, 3.8) is 0 Å². The zero-order valence-corrected chi connectivity index (χ0v) is 11.2. The Morgan fingerprint density at radius 3 is 2.69 bits per heavy atom. The molecule has 0 heterocycles. The van der Waals surface area contributed by atoms with Crippen LogP contribution in [0.3, 0.4) is 0 Å². The van der Waals surface area contributed by atoms with Gasteiger partial charge < -0.3 is 10.6 Å². The summed E-state index contributed by atoms with van der Waals surface area (Å²) < 4.78 is 1.02. The predicted octanol–water partition coefficient (Wildman–Crippen LogP) is 2.00. The van der Waals surface area contributed by atoms with Gasteiger partial charge in [0.25, 0.3) is 0 Å². The van der Waals surface area contributed by atoms with Crippen molar-refractivity contribution in [3.05, 3.63) is 34.3 Å². The van der Waals surface area contributed by atoms with Crippen LogP contribution in [0, 0.1) is 5.92 Å². The maximum atomic E-state index is 11.8. The zero-order chi connectivity index (χ0) is 12.1. The van der Waals surface area contributed by atoms with Crippen LogP contribution in [-0.2, 0) is 11.3 Å². The van der Waals surface area contributed by atoms with E-state index in [1.807, 2.05) is 31.2 Å². The fourth-order valence-electron chi connectivity index (χ4n) is 1.44. The molecule has 1 unspecified atom stereocenters. The van der Waals surface area contributed by atoms with Gasteiger partial charge in [-0.3, -0.25) is 4.79 Å². The van der Waals surface area contributed by atoms with E-state index in [0.29, 0.717) is 13.1 Å². The Balaban J connectivity index is 2.68. The summed E-state index contributed by atoms with van der Waals surface area (Å²) in [4.78, 5) is 13.5. The lowest BCUT2D eigenvalue weighted by Crippen LogP contribution is -2.34. The summed E-state index contributed by atoms with van der Waals surface area (Å²) in [5, 5.41) is 0. The number of nitrogens with two attached hydrogens (primary N) is 1. The van der Waals surface area contributed by atoms with Crippen LogP contribution in [0.2, 0.25) is 0 Å².